The number of ether oxygens (including phenoxy) is 1. The summed E-state index contributed by atoms with van der Waals surface area (Å²) >= 11 is 0. The first-order valence-corrected chi connectivity index (χ1v) is 10.8. The monoisotopic (exact) mass is 405 g/mol. The smallest absolute Gasteiger partial charge is 0.449 e. The van der Waals surface area contributed by atoms with E-state index in [9.17, 15) is 9.36 Å². The molecule has 0 fully saturated rings. The number of unbranched alkanes of at least 4 members (excludes halogenated alkanes) is 2. The highest BCUT2D eigenvalue weighted by atomic mass is 31.2. The van der Waals surface area contributed by atoms with Crippen LogP contribution >= 0.6 is 7.82 Å². The van der Waals surface area contributed by atoms with Crippen molar-refractivity contribution in [3.05, 3.63) is 59.7 Å². The molecule has 0 saturated carbocycles. The number of nitrogens with one attached hydrogen (secondary N) is 1. The Bertz CT molecular complexity index is 820. The molecule has 2 aromatic rings. The molecule has 1 aliphatic carbocycles. The SMILES string of the molecule is O=C(NCCCCCOP(=O)(O)O)OCC1c2ccccc2-c2ccccc21. The Balaban J connectivity index is 1.41. The Hall–Kier alpha value is -2.18. The van der Waals surface area contributed by atoms with Crippen LogP contribution in [0.2, 0.25) is 0 Å². The van der Waals surface area contributed by atoms with Crippen LogP contribution in [0.15, 0.2) is 48.5 Å². The molecule has 0 aliphatic heterocycles. The van der Waals surface area contributed by atoms with E-state index < -0.39 is 13.9 Å². The third-order valence-electron chi connectivity index (χ3n) is 4.69. The van der Waals surface area contributed by atoms with Crippen molar-refractivity contribution in [3.63, 3.8) is 0 Å². The third-order valence-corrected chi connectivity index (χ3v) is 5.21. The summed E-state index contributed by atoms with van der Waals surface area (Å²) in [5.74, 6) is 0.0305. The molecule has 7 nitrogen and oxygen atoms in total. The minimum Gasteiger partial charge on any atom is -0.449 e. The predicted molar refractivity (Wildman–Crippen MR) is 105 cm³/mol. The Kier molecular flexibility index (Phi) is 6.86. The quantitative estimate of drug-likeness (QED) is 0.433. The maximum Gasteiger partial charge on any atom is 0.469 e. The molecule has 150 valence electrons. The van der Waals surface area contributed by atoms with Gasteiger partial charge in [0, 0.05) is 12.5 Å². The van der Waals surface area contributed by atoms with Crippen LogP contribution in [-0.2, 0) is 13.8 Å². The second kappa shape index (κ2) is 9.34. The van der Waals surface area contributed by atoms with E-state index in [4.69, 9.17) is 14.5 Å². The molecule has 0 unspecified atom stereocenters. The first-order chi connectivity index (χ1) is 13.5. The molecule has 28 heavy (non-hydrogen) atoms. The number of carbonyl (C=O) groups is 1. The number of hydrogen-bond donors (Lipinski definition) is 3. The second-order valence-corrected chi connectivity index (χ2v) is 7.88. The molecule has 0 aromatic heterocycles. The van der Waals surface area contributed by atoms with Gasteiger partial charge >= 0.3 is 13.9 Å². The minimum absolute atomic E-state index is 0.00474. The summed E-state index contributed by atoms with van der Waals surface area (Å²) in [5.41, 5.74) is 4.71. The highest BCUT2D eigenvalue weighted by Crippen LogP contribution is 2.44. The van der Waals surface area contributed by atoms with Crippen LogP contribution in [0.4, 0.5) is 4.79 Å². The molecule has 3 rings (SSSR count). The molecule has 0 bridgehead atoms. The van der Waals surface area contributed by atoms with Gasteiger partial charge in [-0.15, -0.1) is 0 Å². The zero-order chi connectivity index (χ0) is 20.0. The van der Waals surface area contributed by atoms with E-state index in [0.29, 0.717) is 25.8 Å². The third kappa shape index (κ3) is 5.42. The topological polar surface area (TPSA) is 105 Å². The Morgan fingerprint density at radius 3 is 2.18 bits per heavy atom. The van der Waals surface area contributed by atoms with Crippen molar-refractivity contribution in [2.75, 3.05) is 19.8 Å². The number of amides is 1. The fraction of sp³-hybridized carbons (Fsp3) is 0.350. The normalized spacial score (nSPS) is 13.1. The van der Waals surface area contributed by atoms with Gasteiger partial charge in [0.2, 0.25) is 0 Å². The average Bonchev–Trinajstić information content (AvgIpc) is 2.99. The molecule has 1 aliphatic rings. The minimum atomic E-state index is -4.39. The second-order valence-electron chi connectivity index (χ2n) is 6.64. The van der Waals surface area contributed by atoms with Crippen molar-refractivity contribution >= 4 is 13.9 Å². The Morgan fingerprint density at radius 1 is 0.964 bits per heavy atom. The zero-order valence-corrected chi connectivity index (χ0v) is 16.3. The van der Waals surface area contributed by atoms with E-state index >= 15 is 0 Å². The highest BCUT2D eigenvalue weighted by molar-refractivity contribution is 7.46. The van der Waals surface area contributed by atoms with Crippen molar-refractivity contribution in [3.8, 4) is 11.1 Å². The van der Waals surface area contributed by atoms with Gasteiger partial charge in [0.15, 0.2) is 0 Å². The standard InChI is InChI=1S/C20H24NO6P/c22-20(21-12-6-1-7-13-27-28(23,24)25)26-14-19-17-10-4-2-8-15(17)16-9-3-5-11-18(16)19/h2-5,8-11,19H,1,6-7,12-14H2,(H,21,22)(H2,23,24,25). The lowest BCUT2D eigenvalue weighted by atomic mass is 9.98. The predicted octanol–water partition coefficient (Wildman–Crippen LogP) is 3.80. The number of carbonyl (C=O) groups excluding carboxylic acids is 1. The van der Waals surface area contributed by atoms with E-state index in [1.165, 1.54) is 22.3 Å². The van der Waals surface area contributed by atoms with Gasteiger partial charge in [0.25, 0.3) is 0 Å². The van der Waals surface area contributed by atoms with Gasteiger partial charge in [-0.25, -0.2) is 9.36 Å². The van der Waals surface area contributed by atoms with Crippen LogP contribution in [0.3, 0.4) is 0 Å². The number of benzene rings is 2. The van der Waals surface area contributed by atoms with E-state index in [1.807, 2.05) is 24.3 Å². The van der Waals surface area contributed by atoms with Gasteiger partial charge in [0.1, 0.15) is 6.61 Å². The molecule has 0 spiro atoms. The van der Waals surface area contributed by atoms with E-state index in [2.05, 4.69) is 34.1 Å². The molecule has 2 aromatic carbocycles. The van der Waals surface area contributed by atoms with Crippen LogP contribution in [-0.4, -0.2) is 35.6 Å². The molecule has 8 heteroatoms. The number of phosphoric acid groups is 1. The molecule has 0 heterocycles. The fourth-order valence-electron chi connectivity index (χ4n) is 3.43. The van der Waals surface area contributed by atoms with Gasteiger partial charge in [0.05, 0.1) is 6.61 Å². The number of alkyl carbamates (subject to hydrolysis) is 1. The van der Waals surface area contributed by atoms with Crippen LogP contribution in [0, 0.1) is 0 Å². The number of fused-ring (bicyclic) bond motifs is 3. The lowest BCUT2D eigenvalue weighted by Crippen LogP contribution is -2.27. The van der Waals surface area contributed by atoms with E-state index in [1.54, 1.807) is 0 Å². The number of hydrogen-bond acceptors (Lipinski definition) is 4. The van der Waals surface area contributed by atoms with Crippen molar-refractivity contribution in [1.29, 1.82) is 0 Å². The molecule has 0 saturated heterocycles. The first kappa shape index (κ1) is 20.6. The maximum absolute atomic E-state index is 12.0. The summed E-state index contributed by atoms with van der Waals surface area (Å²) < 4.78 is 20.3. The number of rotatable bonds is 9. The van der Waals surface area contributed by atoms with Gasteiger partial charge in [-0.05, 0) is 41.5 Å². The summed E-state index contributed by atoms with van der Waals surface area (Å²) in [6.07, 6.45) is 1.41. The van der Waals surface area contributed by atoms with E-state index in [0.717, 1.165) is 0 Å². The average molecular weight is 405 g/mol. The first-order valence-electron chi connectivity index (χ1n) is 9.24. The van der Waals surface area contributed by atoms with Crippen molar-refractivity contribution in [2.24, 2.45) is 0 Å². The molecule has 3 N–H and O–H groups in total. The lowest BCUT2D eigenvalue weighted by Gasteiger charge is -2.14. The van der Waals surface area contributed by atoms with Crippen molar-refractivity contribution < 1.29 is 28.4 Å². The van der Waals surface area contributed by atoms with E-state index in [-0.39, 0.29) is 19.1 Å². The molecule has 0 atom stereocenters. The largest absolute Gasteiger partial charge is 0.469 e. The van der Waals surface area contributed by atoms with Gasteiger partial charge < -0.3 is 19.8 Å². The summed E-state index contributed by atoms with van der Waals surface area (Å²) in [6, 6.07) is 16.3. The molecule has 1 amide bonds. The highest BCUT2D eigenvalue weighted by Gasteiger charge is 2.28. The summed E-state index contributed by atoms with van der Waals surface area (Å²) in [5, 5.41) is 2.71. The lowest BCUT2D eigenvalue weighted by molar-refractivity contribution is 0.143. The van der Waals surface area contributed by atoms with Gasteiger partial charge in [-0.2, -0.15) is 0 Å². The van der Waals surface area contributed by atoms with Crippen LogP contribution in [0.1, 0.15) is 36.3 Å². The Morgan fingerprint density at radius 2 is 1.57 bits per heavy atom. The van der Waals surface area contributed by atoms with Gasteiger partial charge in [-0.1, -0.05) is 48.5 Å². The summed E-state index contributed by atoms with van der Waals surface area (Å²) in [4.78, 5) is 29.1. The number of phosphoric ester groups is 1. The van der Waals surface area contributed by atoms with Crippen LogP contribution in [0.5, 0.6) is 0 Å². The maximum atomic E-state index is 12.0. The zero-order valence-electron chi connectivity index (χ0n) is 15.4. The molecule has 0 radical (unpaired) electrons. The Labute approximate surface area is 163 Å². The van der Waals surface area contributed by atoms with Crippen molar-refractivity contribution in [1.82, 2.24) is 5.32 Å². The van der Waals surface area contributed by atoms with Crippen LogP contribution < -0.4 is 5.32 Å². The summed E-state index contributed by atoms with van der Waals surface area (Å²) in [6.45, 7) is 0.706. The molecular formula is C20H24NO6P. The van der Waals surface area contributed by atoms with Crippen LogP contribution in [0.25, 0.3) is 11.1 Å². The van der Waals surface area contributed by atoms with Crippen molar-refractivity contribution in [2.45, 2.75) is 25.2 Å². The fourth-order valence-corrected chi connectivity index (χ4v) is 3.79. The van der Waals surface area contributed by atoms with Gasteiger partial charge in [-0.3, -0.25) is 4.52 Å². The summed E-state index contributed by atoms with van der Waals surface area (Å²) in [7, 11) is -4.39. The molecular weight excluding hydrogens is 381 g/mol.